The fourth-order valence-electron chi connectivity index (χ4n) is 1.56. The van der Waals surface area contributed by atoms with E-state index in [0.717, 1.165) is 0 Å². The summed E-state index contributed by atoms with van der Waals surface area (Å²) in [5, 5.41) is 0. The van der Waals surface area contributed by atoms with E-state index in [1.165, 1.54) is 4.40 Å². The third kappa shape index (κ3) is 1.16. The molecule has 0 aliphatic rings. The van der Waals surface area contributed by atoms with Gasteiger partial charge in [-0.05, 0) is 18.6 Å². The number of hydrogen-bond donors (Lipinski definition) is 1. The van der Waals surface area contributed by atoms with Gasteiger partial charge in [0.25, 0.3) is 5.56 Å². The number of aryl methyl sites for hydroxylation is 1. The van der Waals surface area contributed by atoms with Crippen LogP contribution >= 0.6 is 0 Å². The van der Waals surface area contributed by atoms with Gasteiger partial charge >= 0.3 is 5.69 Å². The van der Waals surface area contributed by atoms with Gasteiger partial charge in [-0.2, -0.15) is 0 Å². The second-order valence-electron chi connectivity index (χ2n) is 3.05. The van der Waals surface area contributed by atoms with Crippen molar-refractivity contribution < 1.29 is 0 Å². The monoisotopic (exact) mass is 190 g/mol. The van der Waals surface area contributed by atoms with Crippen LogP contribution in [0.4, 0.5) is 0 Å². The lowest BCUT2D eigenvalue weighted by atomic mass is 10.2. The van der Waals surface area contributed by atoms with Crippen LogP contribution in [0.25, 0.3) is 5.52 Å². The standard InChI is InChI=1S/C10H10N2O2/c1-2-7-8-5-3-4-6-12(8)10(14)11-9(7)13/h3-6H,2H2,1H3,(H,11,13,14). The average Bonchev–Trinajstić information content (AvgIpc) is 2.18. The summed E-state index contributed by atoms with van der Waals surface area (Å²) in [5.74, 6) is 0. The number of H-pyrrole nitrogens is 1. The predicted molar refractivity (Wildman–Crippen MR) is 53.7 cm³/mol. The maximum atomic E-state index is 11.4. The zero-order valence-electron chi connectivity index (χ0n) is 7.78. The van der Waals surface area contributed by atoms with E-state index in [4.69, 9.17) is 0 Å². The van der Waals surface area contributed by atoms with Crippen molar-refractivity contribution in [1.29, 1.82) is 0 Å². The molecule has 0 aliphatic carbocycles. The fraction of sp³-hybridized carbons (Fsp3) is 0.200. The largest absolute Gasteiger partial charge is 0.332 e. The molecule has 0 atom stereocenters. The maximum Gasteiger partial charge on any atom is 0.332 e. The Labute approximate surface area is 79.8 Å². The van der Waals surface area contributed by atoms with E-state index in [1.54, 1.807) is 18.3 Å². The van der Waals surface area contributed by atoms with Crippen LogP contribution in [0, 0.1) is 0 Å². The topological polar surface area (TPSA) is 54.3 Å². The van der Waals surface area contributed by atoms with Gasteiger partial charge in [0, 0.05) is 11.8 Å². The van der Waals surface area contributed by atoms with Gasteiger partial charge in [0.15, 0.2) is 0 Å². The molecular formula is C10H10N2O2. The van der Waals surface area contributed by atoms with Gasteiger partial charge in [0.1, 0.15) is 0 Å². The minimum atomic E-state index is -0.386. The molecule has 4 heteroatoms. The Morgan fingerprint density at radius 1 is 1.36 bits per heavy atom. The molecule has 4 nitrogen and oxygen atoms in total. The number of aromatic amines is 1. The van der Waals surface area contributed by atoms with Crippen molar-refractivity contribution in [2.45, 2.75) is 13.3 Å². The Balaban J connectivity index is 3.06. The average molecular weight is 190 g/mol. The molecular weight excluding hydrogens is 180 g/mol. The first-order valence-corrected chi connectivity index (χ1v) is 4.46. The Kier molecular flexibility index (Phi) is 1.96. The number of aromatic nitrogens is 2. The number of fused-ring (bicyclic) bond motifs is 1. The molecule has 0 aromatic carbocycles. The lowest BCUT2D eigenvalue weighted by Gasteiger charge is -2.02. The second-order valence-corrected chi connectivity index (χ2v) is 3.05. The highest BCUT2D eigenvalue weighted by atomic mass is 16.2. The van der Waals surface area contributed by atoms with E-state index in [9.17, 15) is 9.59 Å². The molecule has 14 heavy (non-hydrogen) atoms. The van der Waals surface area contributed by atoms with Crippen LogP contribution in [0.5, 0.6) is 0 Å². The molecule has 0 radical (unpaired) electrons. The minimum Gasteiger partial charge on any atom is -0.273 e. The summed E-state index contributed by atoms with van der Waals surface area (Å²) < 4.78 is 1.44. The zero-order valence-corrected chi connectivity index (χ0v) is 7.78. The van der Waals surface area contributed by atoms with Crippen molar-refractivity contribution in [3.05, 3.63) is 50.8 Å². The van der Waals surface area contributed by atoms with Crippen molar-refractivity contribution in [2.24, 2.45) is 0 Å². The van der Waals surface area contributed by atoms with Crippen LogP contribution in [-0.4, -0.2) is 9.38 Å². The third-order valence-electron chi connectivity index (χ3n) is 2.24. The Hall–Kier alpha value is -1.84. The lowest BCUT2D eigenvalue weighted by molar-refractivity contribution is 0.927. The highest BCUT2D eigenvalue weighted by Gasteiger charge is 2.04. The molecule has 2 aromatic heterocycles. The van der Waals surface area contributed by atoms with Crippen LogP contribution in [0.2, 0.25) is 0 Å². The molecule has 2 aromatic rings. The molecule has 1 N–H and O–H groups in total. The van der Waals surface area contributed by atoms with Crippen LogP contribution in [-0.2, 0) is 6.42 Å². The summed E-state index contributed by atoms with van der Waals surface area (Å²) >= 11 is 0. The van der Waals surface area contributed by atoms with E-state index < -0.39 is 0 Å². The highest BCUT2D eigenvalue weighted by Crippen LogP contribution is 2.03. The van der Waals surface area contributed by atoms with Crippen LogP contribution in [0.1, 0.15) is 12.5 Å². The summed E-state index contributed by atoms with van der Waals surface area (Å²) in [6, 6.07) is 5.34. The molecule has 0 unspecified atom stereocenters. The summed E-state index contributed by atoms with van der Waals surface area (Å²) in [4.78, 5) is 25.1. The predicted octanol–water partition coefficient (Wildman–Crippen LogP) is 0.550. The van der Waals surface area contributed by atoms with Gasteiger partial charge in [-0.1, -0.05) is 13.0 Å². The summed E-state index contributed by atoms with van der Waals surface area (Å²) in [6.07, 6.45) is 2.26. The molecule has 72 valence electrons. The zero-order chi connectivity index (χ0) is 10.1. The second kappa shape index (κ2) is 3.14. The minimum absolute atomic E-state index is 0.288. The molecule has 2 heterocycles. The van der Waals surface area contributed by atoms with Crippen LogP contribution in [0.15, 0.2) is 34.0 Å². The highest BCUT2D eigenvalue weighted by molar-refractivity contribution is 5.52. The summed E-state index contributed by atoms with van der Waals surface area (Å²) in [6.45, 7) is 1.89. The molecule has 2 rings (SSSR count). The summed E-state index contributed by atoms with van der Waals surface area (Å²) in [5.41, 5.74) is 0.653. The van der Waals surface area contributed by atoms with E-state index in [-0.39, 0.29) is 11.2 Å². The van der Waals surface area contributed by atoms with E-state index >= 15 is 0 Å². The lowest BCUT2D eigenvalue weighted by Crippen LogP contribution is -2.28. The Morgan fingerprint density at radius 2 is 2.14 bits per heavy atom. The van der Waals surface area contributed by atoms with Crippen LogP contribution < -0.4 is 11.2 Å². The number of nitrogens with one attached hydrogen (secondary N) is 1. The smallest absolute Gasteiger partial charge is 0.273 e. The molecule has 0 bridgehead atoms. The van der Waals surface area contributed by atoms with E-state index in [0.29, 0.717) is 17.5 Å². The first kappa shape index (κ1) is 8.74. The first-order valence-electron chi connectivity index (χ1n) is 4.46. The Bertz CT molecular complexity index is 580. The molecule has 0 spiro atoms. The van der Waals surface area contributed by atoms with Crippen molar-refractivity contribution >= 4 is 5.52 Å². The van der Waals surface area contributed by atoms with E-state index in [1.807, 2.05) is 13.0 Å². The van der Waals surface area contributed by atoms with Gasteiger partial charge in [0.05, 0.1) is 5.52 Å². The fourth-order valence-corrected chi connectivity index (χ4v) is 1.56. The summed E-state index contributed by atoms with van der Waals surface area (Å²) in [7, 11) is 0. The normalized spacial score (nSPS) is 10.6. The van der Waals surface area contributed by atoms with E-state index in [2.05, 4.69) is 4.98 Å². The quantitative estimate of drug-likeness (QED) is 0.714. The molecule has 0 aliphatic heterocycles. The van der Waals surface area contributed by atoms with Gasteiger partial charge < -0.3 is 0 Å². The molecule has 0 fully saturated rings. The number of rotatable bonds is 1. The molecule has 0 saturated heterocycles. The SMILES string of the molecule is CCc1c(=O)[nH]c(=O)n2ccccc12. The number of nitrogens with zero attached hydrogens (tertiary/aromatic N) is 1. The maximum absolute atomic E-state index is 11.4. The van der Waals surface area contributed by atoms with Crippen molar-refractivity contribution in [1.82, 2.24) is 9.38 Å². The number of pyridine rings is 1. The Morgan fingerprint density at radius 3 is 2.86 bits per heavy atom. The first-order chi connectivity index (χ1) is 6.74. The van der Waals surface area contributed by atoms with Crippen molar-refractivity contribution in [3.63, 3.8) is 0 Å². The van der Waals surface area contributed by atoms with Crippen molar-refractivity contribution in [3.8, 4) is 0 Å². The van der Waals surface area contributed by atoms with Crippen LogP contribution in [0.3, 0.4) is 0 Å². The third-order valence-corrected chi connectivity index (χ3v) is 2.24. The van der Waals surface area contributed by atoms with Gasteiger partial charge in [-0.25, -0.2) is 4.79 Å². The van der Waals surface area contributed by atoms with Crippen molar-refractivity contribution in [2.75, 3.05) is 0 Å². The van der Waals surface area contributed by atoms with Gasteiger partial charge in [0.2, 0.25) is 0 Å². The van der Waals surface area contributed by atoms with Gasteiger partial charge in [-0.3, -0.25) is 14.2 Å². The molecule has 0 amide bonds. The number of hydrogen-bond acceptors (Lipinski definition) is 2. The van der Waals surface area contributed by atoms with Gasteiger partial charge in [-0.15, -0.1) is 0 Å². The molecule has 0 saturated carbocycles.